The lowest BCUT2D eigenvalue weighted by atomic mass is 9.75. The van der Waals surface area contributed by atoms with Gasteiger partial charge in [-0.15, -0.1) is 0 Å². The molecule has 0 spiro atoms. The molecule has 4 heteroatoms. The van der Waals surface area contributed by atoms with Crippen LogP contribution in [0.4, 0.5) is 0 Å². The van der Waals surface area contributed by atoms with E-state index >= 15 is 0 Å². The van der Waals surface area contributed by atoms with Gasteiger partial charge in [-0.05, 0) is 118 Å². The Morgan fingerprint density at radius 1 is 0.925 bits per heavy atom. The number of rotatable bonds is 7. The zero-order valence-electron chi connectivity index (χ0n) is 22.3. The molecule has 1 saturated carbocycles. The van der Waals surface area contributed by atoms with Crippen LogP contribution in [0.25, 0.3) is 25.3 Å². The van der Waals surface area contributed by atoms with Gasteiger partial charge >= 0.3 is 0 Å². The normalized spacial score (nSPS) is 18.3. The summed E-state index contributed by atoms with van der Waals surface area (Å²) in [6.07, 6.45) is 8.47. The van der Waals surface area contributed by atoms with Gasteiger partial charge in [0.15, 0.2) is 5.78 Å². The molecule has 0 amide bonds. The molecule has 0 saturated heterocycles. The van der Waals surface area contributed by atoms with E-state index in [9.17, 15) is 4.79 Å². The maximum Gasteiger partial charge on any atom is 0.165 e. The lowest BCUT2D eigenvalue weighted by molar-refractivity contribution is 0.0884. The number of hydrogen-bond acceptors (Lipinski definition) is 2. The zero-order valence-corrected chi connectivity index (χ0v) is 26.1. The first-order valence-corrected chi connectivity index (χ1v) is 17.1. The van der Waals surface area contributed by atoms with Gasteiger partial charge in [0.2, 0.25) is 0 Å². The van der Waals surface area contributed by atoms with E-state index in [-0.39, 0.29) is 26.6 Å². The number of fused-ring (bicyclic) bond motifs is 1. The summed E-state index contributed by atoms with van der Waals surface area (Å²) < 4.78 is 5.97. The molecule has 200 valence electrons. The minimum atomic E-state index is -0.120. The van der Waals surface area contributed by atoms with Crippen LogP contribution in [-0.4, -0.2) is 14.8 Å². The topological polar surface area (TPSA) is 30.0 Å². The van der Waals surface area contributed by atoms with Gasteiger partial charge in [-0.2, -0.15) is 0 Å². The average molecular weight is 700 g/mol. The van der Waals surface area contributed by atoms with Crippen molar-refractivity contribution in [1.29, 1.82) is 0 Å². The lowest BCUT2D eigenvalue weighted by Crippen LogP contribution is -2.32. The number of pyridine rings is 1. The highest BCUT2D eigenvalue weighted by molar-refractivity contribution is 14.2. The number of allylic oxidation sites excluding steroid dienone is 1. The molecule has 6 rings (SSSR count). The van der Waals surface area contributed by atoms with Crippen molar-refractivity contribution in [1.82, 2.24) is 4.98 Å². The Kier molecular flexibility index (Phi) is 8.35. The highest BCUT2D eigenvalue weighted by Gasteiger charge is 2.28. The van der Waals surface area contributed by atoms with Crippen molar-refractivity contribution >= 4 is 60.6 Å². The predicted octanol–water partition coefficient (Wildman–Crippen LogP) is 8.19. The minimum Gasteiger partial charge on any atom is -0.294 e. The molecule has 0 atom stereocenters. The van der Waals surface area contributed by atoms with E-state index in [4.69, 9.17) is 0 Å². The van der Waals surface area contributed by atoms with Gasteiger partial charge in [-0.25, -0.2) is 0 Å². The molecule has 4 aromatic rings. The van der Waals surface area contributed by atoms with Gasteiger partial charge in [0.1, 0.15) is 0 Å². The molecule has 2 heterocycles. The van der Waals surface area contributed by atoms with Crippen LogP contribution in [0.5, 0.6) is 0 Å². The number of ketones is 1. The van der Waals surface area contributed by atoms with Crippen molar-refractivity contribution in [2.45, 2.75) is 38.0 Å². The molecule has 40 heavy (non-hydrogen) atoms. The van der Waals surface area contributed by atoms with Gasteiger partial charge < -0.3 is 0 Å². The maximum absolute atomic E-state index is 13.4. The highest BCUT2D eigenvalue weighted by atomic mass is 127. The Labute approximate surface area is 254 Å². The number of hydrogen-bond donors (Lipinski definition) is 0. The molecule has 0 N–H and O–H groups in total. The predicted molar refractivity (Wildman–Crippen MR) is 180 cm³/mol. The van der Waals surface area contributed by atoms with Crippen LogP contribution >= 0.6 is 36.7 Å². The number of Topliss-reactive ketones (excluding diaryl/α,β-unsaturated/α-hetero) is 1. The molecule has 1 aliphatic carbocycles. The minimum absolute atomic E-state index is 0.0983. The van der Waals surface area contributed by atoms with Crippen LogP contribution in [0.3, 0.4) is 0 Å². The van der Waals surface area contributed by atoms with E-state index in [0.29, 0.717) is 11.7 Å². The first-order valence-electron chi connectivity index (χ1n) is 13.8. The van der Waals surface area contributed by atoms with Gasteiger partial charge in [-0.3, -0.25) is 9.78 Å². The second-order valence-corrected chi connectivity index (χ2v) is 13.5. The van der Waals surface area contributed by atoms with Gasteiger partial charge in [-0.1, -0.05) is 94.0 Å². The Balaban J connectivity index is 1.20. The summed E-state index contributed by atoms with van der Waals surface area (Å²) in [6.45, 7) is 4.52. The number of benzene rings is 3. The van der Waals surface area contributed by atoms with Crippen LogP contribution < -0.4 is 10.4 Å². The molecular formula is C36H31BrINO. The molecule has 0 bridgehead atoms. The van der Waals surface area contributed by atoms with Crippen LogP contribution in [0.15, 0.2) is 97.8 Å². The number of halogens is 2. The third kappa shape index (κ3) is 5.89. The van der Waals surface area contributed by atoms with Crippen LogP contribution in [0, 0.1) is 5.92 Å². The number of carbonyl (C=O) groups excluding carboxylic acids is 1. The summed E-state index contributed by atoms with van der Waals surface area (Å²) in [6, 6.07) is 27.4. The first-order chi connectivity index (χ1) is 19.6. The molecule has 3 aromatic carbocycles. The third-order valence-corrected chi connectivity index (χ3v) is 11.6. The number of aromatic nitrogens is 1. The van der Waals surface area contributed by atoms with Gasteiger partial charge in [0.05, 0.1) is 0 Å². The number of nitrogens with zero attached hydrogens (tertiary/aromatic N) is 1. The molecule has 2 aliphatic rings. The van der Waals surface area contributed by atoms with Crippen molar-refractivity contribution in [3.63, 3.8) is 0 Å². The van der Waals surface area contributed by atoms with Crippen LogP contribution in [-0.2, 0) is 6.42 Å². The van der Waals surface area contributed by atoms with E-state index in [2.05, 4.69) is 78.1 Å². The maximum atomic E-state index is 13.4. The fraction of sp³-hybridized carbons (Fsp3) is 0.194. The van der Waals surface area contributed by atoms with Crippen molar-refractivity contribution in [2.24, 2.45) is 5.92 Å². The molecule has 1 fully saturated rings. The molecular weight excluding hydrogens is 669 g/mol. The van der Waals surface area contributed by atoms with Gasteiger partial charge in [0, 0.05) is 28.4 Å². The van der Waals surface area contributed by atoms with Crippen molar-refractivity contribution in [2.75, 3.05) is 0 Å². The van der Waals surface area contributed by atoms with E-state index in [1.807, 2.05) is 48.8 Å². The SMILES string of the molecule is C=C(Cc1cccnc1)c1cc(C2CCC(C(=O)c3ccc(-c4ccccc4)cc3)CC2)cc2c1=CI=CC=2Br. The molecule has 0 unspecified atom stereocenters. The smallest absolute Gasteiger partial charge is 0.165 e. The largest absolute Gasteiger partial charge is 0.294 e. The monoisotopic (exact) mass is 699 g/mol. The highest BCUT2D eigenvalue weighted by Crippen LogP contribution is 2.37. The second-order valence-electron chi connectivity index (χ2n) is 10.7. The Bertz CT molecular complexity index is 1700. The van der Waals surface area contributed by atoms with Crippen molar-refractivity contribution in [3.05, 3.63) is 131 Å². The van der Waals surface area contributed by atoms with Crippen LogP contribution in [0.2, 0.25) is 0 Å². The van der Waals surface area contributed by atoms with Gasteiger partial charge in [0.25, 0.3) is 0 Å². The van der Waals surface area contributed by atoms with E-state index in [1.54, 1.807) is 0 Å². The molecule has 1 aliphatic heterocycles. The number of carbonyl (C=O) groups is 1. The van der Waals surface area contributed by atoms with E-state index in [1.165, 1.54) is 37.2 Å². The Morgan fingerprint density at radius 2 is 1.68 bits per heavy atom. The summed E-state index contributed by atoms with van der Waals surface area (Å²) in [5.74, 6) is 0.844. The van der Waals surface area contributed by atoms with E-state index in [0.717, 1.165) is 48.8 Å². The Hall–Kier alpha value is -2.96. The van der Waals surface area contributed by atoms with Crippen LogP contribution in [0.1, 0.15) is 58.6 Å². The fourth-order valence-electron chi connectivity index (χ4n) is 5.95. The summed E-state index contributed by atoms with van der Waals surface area (Å²) >= 11 is 3.73. The van der Waals surface area contributed by atoms with Crippen molar-refractivity contribution in [3.8, 4) is 11.1 Å². The zero-order chi connectivity index (χ0) is 27.5. The average Bonchev–Trinajstić information content (AvgIpc) is 3.01. The molecule has 0 radical (unpaired) electrons. The second kappa shape index (κ2) is 12.3. The molecule has 2 nitrogen and oxygen atoms in total. The van der Waals surface area contributed by atoms with E-state index < -0.39 is 0 Å². The summed E-state index contributed by atoms with van der Waals surface area (Å²) in [5, 5.41) is 2.60. The third-order valence-electron chi connectivity index (χ3n) is 8.16. The first kappa shape index (κ1) is 27.2. The summed E-state index contributed by atoms with van der Waals surface area (Å²) in [5.41, 5.74) is 8.11. The fourth-order valence-corrected chi connectivity index (χ4v) is 8.81. The molecule has 1 aromatic heterocycles. The van der Waals surface area contributed by atoms with Crippen molar-refractivity contribution < 1.29 is 4.79 Å². The summed E-state index contributed by atoms with van der Waals surface area (Å²) in [7, 11) is 0. The quantitative estimate of drug-likeness (QED) is 0.144. The summed E-state index contributed by atoms with van der Waals surface area (Å²) in [4.78, 5) is 17.7. The Morgan fingerprint density at radius 3 is 2.40 bits per heavy atom. The lowest BCUT2D eigenvalue weighted by Gasteiger charge is -2.29. The standard InChI is InChI=1S/C36H31BrINO/c1-24(18-25-6-5-17-39-23-25)32-19-31(20-33-34(32)21-38-22-35(33)37)28-11-15-30(16-12-28)36(40)29-13-9-27(10-14-29)26-7-3-2-4-8-26/h2-10,13-14,17,19-23,28,30H,1,11-12,15-16,18H2.